The van der Waals surface area contributed by atoms with Gasteiger partial charge in [-0.1, -0.05) is 69.3 Å². The molecule has 182 valence electrons. The van der Waals surface area contributed by atoms with Crippen LogP contribution in [-0.2, 0) is 25.2 Å². The summed E-state index contributed by atoms with van der Waals surface area (Å²) >= 11 is 2.32. The highest BCUT2D eigenvalue weighted by Crippen LogP contribution is 2.38. The molecule has 6 nitrogen and oxygen atoms in total. The molecule has 1 aliphatic heterocycles. The molecule has 1 aliphatic rings. The highest BCUT2D eigenvalue weighted by atomic mass is 127. The summed E-state index contributed by atoms with van der Waals surface area (Å²) in [6, 6.07) is 7.80. The molecule has 5 atom stereocenters. The maximum atomic E-state index is 12.2. The fraction of sp³-hybridized carbons (Fsp3) is 0.708. The van der Waals surface area contributed by atoms with Gasteiger partial charge in [-0.3, -0.25) is 0 Å². The van der Waals surface area contributed by atoms with Crippen molar-refractivity contribution in [2.45, 2.75) is 75.5 Å². The Morgan fingerprint density at radius 1 is 1.09 bits per heavy atom. The van der Waals surface area contributed by atoms with Crippen molar-refractivity contribution in [1.82, 2.24) is 0 Å². The third-order valence-electron chi connectivity index (χ3n) is 6.64. The maximum absolute atomic E-state index is 12.2. The number of methoxy groups -OCH3 is 1. The molecule has 1 saturated heterocycles. The van der Waals surface area contributed by atoms with E-state index in [1.165, 1.54) is 0 Å². The molecular weight excluding hydrogens is 539 g/mol. The van der Waals surface area contributed by atoms with E-state index in [-0.39, 0.29) is 33.0 Å². The molecule has 1 fully saturated rings. The van der Waals surface area contributed by atoms with Crippen molar-refractivity contribution in [3.63, 3.8) is 0 Å². The van der Waals surface area contributed by atoms with Crippen LogP contribution in [0.15, 0.2) is 24.3 Å². The van der Waals surface area contributed by atoms with Gasteiger partial charge in [-0.25, -0.2) is 4.79 Å². The Bertz CT molecular complexity index is 733. The highest BCUT2D eigenvalue weighted by molar-refractivity contribution is 14.1. The smallest absolute Gasteiger partial charge is 0.497 e. The Labute approximate surface area is 207 Å². The molecule has 0 unspecified atom stereocenters. The van der Waals surface area contributed by atoms with Gasteiger partial charge in [0.2, 0.25) is 0 Å². The predicted octanol–water partition coefficient (Wildman–Crippen LogP) is 6.21. The minimum atomic E-state index is -1.87. The lowest BCUT2D eigenvalue weighted by Crippen LogP contribution is -2.51. The maximum Gasteiger partial charge on any atom is 0.508 e. The summed E-state index contributed by atoms with van der Waals surface area (Å²) in [6.45, 7) is 16.9. The van der Waals surface area contributed by atoms with Gasteiger partial charge in [-0.15, -0.1) is 0 Å². The van der Waals surface area contributed by atoms with Crippen molar-refractivity contribution in [3.8, 4) is 5.75 Å². The Morgan fingerprint density at radius 2 is 1.69 bits per heavy atom. The van der Waals surface area contributed by atoms with E-state index in [1.54, 1.807) is 7.11 Å². The van der Waals surface area contributed by atoms with Crippen molar-refractivity contribution < 1.29 is 28.2 Å². The highest BCUT2D eigenvalue weighted by Gasteiger charge is 2.44. The van der Waals surface area contributed by atoms with Crippen molar-refractivity contribution in [2.24, 2.45) is 11.8 Å². The van der Waals surface area contributed by atoms with Crippen molar-refractivity contribution in [3.05, 3.63) is 29.8 Å². The number of hydrogen-bond acceptors (Lipinski definition) is 6. The lowest BCUT2D eigenvalue weighted by molar-refractivity contribution is -0.118. The largest absolute Gasteiger partial charge is 0.508 e. The van der Waals surface area contributed by atoms with Crippen LogP contribution in [0.25, 0.3) is 0 Å². The van der Waals surface area contributed by atoms with Gasteiger partial charge >= 0.3 is 6.16 Å². The molecule has 0 spiro atoms. The SMILES string of the molecule is COc1ccc(COC[C@@H](I)[C@@H]2OC(=O)O[C@@H]([C@H](C)CO[Si](C)(C)C(C)(C)C)[C@H]2C)cc1. The number of benzene rings is 1. The monoisotopic (exact) mass is 578 g/mol. The standard InChI is InChI=1S/C24H39IO6Si/c1-16(13-29-32(7,8)24(3,4)5)21-17(2)22(31-23(26)30-21)20(25)15-28-14-18-9-11-19(27-6)12-10-18/h9-12,16-17,20-22H,13-15H2,1-8H3/t16-,17-,20-,21+,22-/m1/s1. The van der Waals surface area contributed by atoms with Crippen LogP contribution in [0.4, 0.5) is 4.79 Å². The van der Waals surface area contributed by atoms with Crippen LogP contribution in [0.1, 0.15) is 40.2 Å². The topological polar surface area (TPSA) is 63.2 Å². The zero-order valence-electron chi connectivity index (χ0n) is 20.6. The molecule has 0 aromatic heterocycles. The number of rotatable bonds is 10. The van der Waals surface area contributed by atoms with Gasteiger partial charge in [-0.2, -0.15) is 0 Å². The second kappa shape index (κ2) is 11.5. The van der Waals surface area contributed by atoms with E-state index in [2.05, 4.69) is 70.3 Å². The van der Waals surface area contributed by atoms with Gasteiger partial charge in [0, 0.05) is 18.4 Å². The first-order valence-electron chi connectivity index (χ1n) is 11.2. The number of halogens is 1. The molecule has 1 aromatic rings. The van der Waals surface area contributed by atoms with E-state index in [1.807, 2.05) is 24.3 Å². The molecule has 0 saturated carbocycles. The molecule has 0 N–H and O–H groups in total. The van der Waals surface area contributed by atoms with E-state index in [0.29, 0.717) is 19.8 Å². The van der Waals surface area contributed by atoms with Crippen LogP contribution >= 0.6 is 22.6 Å². The molecule has 8 heteroatoms. The molecule has 1 heterocycles. The molecule has 0 radical (unpaired) electrons. The minimum Gasteiger partial charge on any atom is -0.497 e. The first-order valence-corrected chi connectivity index (χ1v) is 15.4. The van der Waals surface area contributed by atoms with Gasteiger partial charge < -0.3 is 23.4 Å². The predicted molar refractivity (Wildman–Crippen MR) is 137 cm³/mol. The normalized spacial score (nSPS) is 23.8. The van der Waals surface area contributed by atoms with Crippen molar-refractivity contribution in [1.29, 1.82) is 0 Å². The Balaban J connectivity index is 1.91. The lowest BCUT2D eigenvalue weighted by Gasteiger charge is -2.41. The number of carbonyl (C=O) groups is 1. The summed E-state index contributed by atoms with van der Waals surface area (Å²) in [5.41, 5.74) is 1.07. The Morgan fingerprint density at radius 3 is 2.25 bits per heavy atom. The van der Waals surface area contributed by atoms with Crippen LogP contribution in [0, 0.1) is 11.8 Å². The van der Waals surface area contributed by atoms with E-state index in [4.69, 9.17) is 23.4 Å². The summed E-state index contributed by atoms with van der Waals surface area (Å²) in [4.78, 5) is 12.2. The molecule has 1 aromatic carbocycles. The third-order valence-corrected chi connectivity index (χ3v) is 12.2. The number of ether oxygens (including phenoxy) is 4. The van der Waals surface area contributed by atoms with Crippen LogP contribution < -0.4 is 4.74 Å². The van der Waals surface area contributed by atoms with Gasteiger partial charge in [0.25, 0.3) is 0 Å². The average molecular weight is 579 g/mol. The first-order chi connectivity index (χ1) is 14.9. The van der Waals surface area contributed by atoms with Crippen LogP contribution in [-0.4, -0.2) is 50.9 Å². The second-order valence-corrected chi connectivity index (χ2v) is 16.6. The van der Waals surface area contributed by atoms with E-state index < -0.39 is 14.5 Å². The third kappa shape index (κ3) is 7.33. The molecule has 32 heavy (non-hydrogen) atoms. The number of hydrogen-bond donors (Lipinski definition) is 0. The average Bonchev–Trinajstić information content (AvgIpc) is 2.73. The first kappa shape index (κ1) is 27.4. The molecular formula is C24H39IO6Si. The van der Waals surface area contributed by atoms with Gasteiger partial charge in [0.1, 0.15) is 18.0 Å². The van der Waals surface area contributed by atoms with E-state index in [0.717, 1.165) is 11.3 Å². The van der Waals surface area contributed by atoms with Crippen LogP contribution in [0.3, 0.4) is 0 Å². The summed E-state index contributed by atoms with van der Waals surface area (Å²) < 4.78 is 28.7. The zero-order chi connectivity index (χ0) is 24.1. The van der Waals surface area contributed by atoms with Crippen LogP contribution in [0.5, 0.6) is 5.75 Å². The summed E-state index contributed by atoms with van der Waals surface area (Å²) in [7, 11) is -0.217. The Kier molecular flexibility index (Phi) is 9.87. The molecule has 0 amide bonds. The molecule has 0 bridgehead atoms. The summed E-state index contributed by atoms with van der Waals surface area (Å²) in [5, 5.41) is 0.141. The quantitative estimate of drug-likeness (QED) is 0.142. The van der Waals surface area contributed by atoms with Crippen molar-refractivity contribution >= 4 is 37.1 Å². The van der Waals surface area contributed by atoms with E-state index >= 15 is 0 Å². The Hall–Kier alpha value is -0.843. The zero-order valence-corrected chi connectivity index (χ0v) is 23.8. The number of carbonyl (C=O) groups excluding carboxylic acids is 1. The van der Waals surface area contributed by atoms with Gasteiger partial charge in [0.15, 0.2) is 8.32 Å². The van der Waals surface area contributed by atoms with Gasteiger partial charge in [0.05, 0.1) is 24.2 Å². The van der Waals surface area contributed by atoms with Gasteiger partial charge in [-0.05, 0) is 35.8 Å². The number of cyclic esters (lactones) is 2. The lowest BCUT2D eigenvalue weighted by atomic mass is 9.87. The second-order valence-electron chi connectivity index (χ2n) is 10.2. The van der Waals surface area contributed by atoms with Crippen molar-refractivity contribution in [2.75, 3.05) is 20.3 Å². The summed E-state index contributed by atoms with van der Waals surface area (Å²) in [6.07, 6.45) is -1.12. The van der Waals surface area contributed by atoms with Crippen LogP contribution in [0.2, 0.25) is 18.1 Å². The fourth-order valence-corrected chi connectivity index (χ4v) is 5.61. The molecule has 0 aliphatic carbocycles. The number of alkyl halides is 1. The van der Waals surface area contributed by atoms with E-state index in [9.17, 15) is 4.79 Å². The molecule has 2 rings (SSSR count). The summed E-state index contributed by atoms with van der Waals surface area (Å²) in [5.74, 6) is 0.941. The fourth-order valence-electron chi connectivity index (χ4n) is 3.45. The minimum absolute atomic E-state index is 0.0182.